The predicted octanol–water partition coefficient (Wildman–Crippen LogP) is 2.80. The molecule has 0 spiro atoms. The zero-order chi connectivity index (χ0) is 12.8. The van der Waals surface area contributed by atoms with E-state index < -0.39 is 0 Å². The van der Waals surface area contributed by atoms with Gasteiger partial charge in [0.25, 0.3) is 0 Å². The number of rotatable bonds is 4. The lowest BCUT2D eigenvalue weighted by Crippen LogP contribution is -2.05. The largest absolute Gasteiger partial charge is 0.398 e. The Hall–Kier alpha value is -2.47. The highest BCUT2D eigenvalue weighted by molar-refractivity contribution is 5.62. The van der Waals surface area contributed by atoms with Crippen molar-refractivity contribution in [3.63, 3.8) is 0 Å². The van der Waals surface area contributed by atoms with E-state index in [1.807, 2.05) is 24.3 Å². The number of hydrogen-bond donors (Lipinski definition) is 2. The molecule has 0 aliphatic heterocycles. The molecule has 90 valence electrons. The molecule has 0 aliphatic carbocycles. The molecule has 0 heterocycles. The molecule has 2 rings (SSSR count). The van der Waals surface area contributed by atoms with Crippen LogP contribution in [-0.4, -0.2) is 6.54 Å². The van der Waals surface area contributed by atoms with Crippen LogP contribution in [0.2, 0.25) is 0 Å². The average Bonchev–Trinajstić information content (AvgIpc) is 2.40. The molecule has 3 N–H and O–H groups in total. The minimum atomic E-state index is 0.516. The Morgan fingerprint density at radius 3 is 2.56 bits per heavy atom. The van der Waals surface area contributed by atoms with Gasteiger partial charge in [0, 0.05) is 12.2 Å². The van der Waals surface area contributed by atoms with E-state index in [4.69, 9.17) is 11.0 Å². The molecule has 0 radical (unpaired) electrons. The fourth-order valence-corrected chi connectivity index (χ4v) is 1.77. The van der Waals surface area contributed by atoms with E-state index in [0.29, 0.717) is 11.3 Å². The fourth-order valence-electron chi connectivity index (χ4n) is 1.77. The second kappa shape index (κ2) is 5.74. The molecule has 0 atom stereocenters. The van der Waals surface area contributed by atoms with Crippen molar-refractivity contribution in [2.45, 2.75) is 6.42 Å². The molecule has 2 aromatic rings. The first-order chi connectivity index (χ1) is 8.79. The van der Waals surface area contributed by atoms with Crippen LogP contribution in [0.1, 0.15) is 11.1 Å². The van der Waals surface area contributed by atoms with E-state index in [1.54, 1.807) is 12.1 Å². The summed E-state index contributed by atoms with van der Waals surface area (Å²) in [4.78, 5) is 0. The minimum Gasteiger partial charge on any atom is -0.398 e. The summed E-state index contributed by atoms with van der Waals surface area (Å²) in [5.41, 5.74) is 9.03. The van der Waals surface area contributed by atoms with Crippen LogP contribution in [0.15, 0.2) is 48.5 Å². The number of anilines is 2. The smallest absolute Gasteiger partial charge is 0.101 e. The zero-order valence-electron chi connectivity index (χ0n) is 10.1. The van der Waals surface area contributed by atoms with Crippen LogP contribution in [-0.2, 0) is 6.42 Å². The molecular weight excluding hydrogens is 222 g/mol. The van der Waals surface area contributed by atoms with Crippen molar-refractivity contribution in [3.05, 3.63) is 59.7 Å². The Balaban J connectivity index is 1.91. The molecule has 0 saturated carbocycles. The molecule has 18 heavy (non-hydrogen) atoms. The van der Waals surface area contributed by atoms with Gasteiger partial charge >= 0.3 is 0 Å². The first-order valence-corrected chi connectivity index (χ1v) is 5.87. The average molecular weight is 237 g/mol. The third kappa shape index (κ3) is 3.02. The topological polar surface area (TPSA) is 61.8 Å². The Bertz CT molecular complexity index is 556. The Morgan fingerprint density at radius 2 is 1.89 bits per heavy atom. The van der Waals surface area contributed by atoms with Gasteiger partial charge in [-0.1, -0.05) is 30.3 Å². The van der Waals surface area contributed by atoms with E-state index in [2.05, 4.69) is 23.5 Å². The summed E-state index contributed by atoms with van der Waals surface area (Å²) < 4.78 is 0. The maximum atomic E-state index is 8.78. The number of nitrogen functional groups attached to an aromatic ring is 1. The highest BCUT2D eigenvalue weighted by atomic mass is 14.9. The van der Waals surface area contributed by atoms with Gasteiger partial charge in [-0.3, -0.25) is 0 Å². The molecule has 0 aromatic heterocycles. The highest BCUT2D eigenvalue weighted by Gasteiger charge is 1.99. The maximum Gasteiger partial charge on any atom is 0.101 e. The number of nitrogens with two attached hydrogens (primary N) is 1. The van der Waals surface area contributed by atoms with Gasteiger partial charge < -0.3 is 11.1 Å². The van der Waals surface area contributed by atoms with E-state index in [-0.39, 0.29) is 0 Å². The van der Waals surface area contributed by atoms with Crippen LogP contribution in [0, 0.1) is 11.3 Å². The fraction of sp³-hybridized carbons (Fsp3) is 0.133. The van der Waals surface area contributed by atoms with E-state index in [0.717, 1.165) is 18.7 Å². The SMILES string of the molecule is N#Cc1ccc(NCCc2ccccc2)cc1N. The van der Waals surface area contributed by atoms with Crippen molar-refractivity contribution in [1.29, 1.82) is 5.26 Å². The van der Waals surface area contributed by atoms with Gasteiger partial charge in [0.1, 0.15) is 6.07 Å². The number of nitrogens with zero attached hydrogens (tertiary/aromatic N) is 1. The quantitative estimate of drug-likeness (QED) is 0.804. The summed E-state index contributed by atoms with van der Waals surface area (Å²) in [6, 6.07) is 17.8. The second-order valence-corrected chi connectivity index (χ2v) is 4.08. The molecule has 2 aromatic carbocycles. The van der Waals surface area contributed by atoms with E-state index in [9.17, 15) is 0 Å². The second-order valence-electron chi connectivity index (χ2n) is 4.08. The van der Waals surface area contributed by atoms with Crippen LogP contribution in [0.4, 0.5) is 11.4 Å². The third-order valence-corrected chi connectivity index (χ3v) is 2.76. The summed E-state index contributed by atoms with van der Waals surface area (Å²) in [7, 11) is 0. The summed E-state index contributed by atoms with van der Waals surface area (Å²) >= 11 is 0. The highest BCUT2D eigenvalue weighted by Crippen LogP contribution is 2.17. The van der Waals surface area contributed by atoms with Crippen molar-refractivity contribution in [2.75, 3.05) is 17.6 Å². The summed E-state index contributed by atoms with van der Waals surface area (Å²) in [5.74, 6) is 0. The van der Waals surface area contributed by atoms with Crippen molar-refractivity contribution < 1.29 is 0 Å². The van der Waals surface area contributed by atoms with Gasteiger partial charge in [-0.25, -0.2) is 0 Å². The van der Waals surface area contributed by atoms with Crippen LogP contribution < -0.4 is 11.1 Å². The van der Waals surface area contributed by atoms with E-state index in [1.165, 1.54) is 5.56 Å². The molecule has 0 bridgehead atoms. The molecule has 0 saturated heterocycles. The standard InChI is InChI=1S/C15H15N3/c16-11-13-6-7-14(10-15(13)17)18-9-8-12-4-2-1-3-5-12/h1-7,10,18H,8-9,17H2. The number of nitrogens with one attached hydrogen (secondary N) is 1. The molecule has 0 amide bonds. The van der Waals surface area contributed by atoms with Gasteiger partial charge in [-0.15, -0.1) is 0 Å². The monoisotopic (exact) mass is 237 g/mol. The maximum absolute atomic E-state index is 8.78. The molecule has 0 unspecified atom stereocenters. The lowest BCUT2D eigenvalue weighted by Gasteiger charge is -2.07. The van der Waals surface area contributed by atoms with E-state index >= 15 is 0 Å². The minimum absolute atomic E-state index is 0.516. The Labute approximate surface area is 107 Å². The zero-order valence-corrected chi connectivity index (χ0v) is 10.1. The first-order valence-electron chi connectivity index (χ1n) is 5.87. The van der Waals surface area contributed by atoms with Gasteiger partial charge in [0.15, 0.2) is 0 Å². The summed E-state index contributed by atoms with van der Waals surface area (Å²) in [6.07, 6.45) is 0.959. The lowest BCUT2D eigenvalue weighted by molar-refractivity contribution is 1.02. The normalized spacial score (nSPS) is 9.72. The van der Waals surface area contributed by atoms with Crippen molar-refractivity contribution in [1.82, 2.24) is 0 Å². The van der Waals surface area contributed by atoms with Crippen LogP contribution in [0.25, 0.3) is 0 Å². The lowest BCUT2D eigenvalue weighted by atomic mass is 10.1. The summed E-state index contributed by atoms with van der Waals surface area (Å²) in [6.45, 7) is 0.843. The molecule has 0 fully saturated rings. The van der Waals surface area contributed by atoms with Crippen LogP contribution in [0.3, 0.4) is 0 Å². The van der Waals surface area contributed by atoms with Gasteiger partial charge in [-0.05, 0) is 30.2 Å². The molecule has 0 aliphatic rings. The van der Waals surface area contributed by atoms with Gasteiger partial charge in [0.05, 0.1) is 11.3 Å². The predicted molar refractivity (Wildman–Crippen MR) is 74.2 cm³/mol. The molecular formula is C15H15N3. The summed E-state index contributed by atoms with van der Waals surface area (Å²) in [5, 5.41) is 12.1. The molecule has 3 nitrogen and oxygen atoms in total. The van der Waals surface area contributed by atoms with Gasteiger partial charge in [-0.2, -0.15) is 5.26 Å². The Kier molecular flexibility index (Phi) is 3.83. The number of hydrogen-bond acceptors (Lipinski definition) is 3. The number of nitriles is 1. The first kappa shape index (κ1) is 12.0. The van der Waals surface area contributed by atoms with Crippen LogP contribution in [0.5, 0.6) is 0 Å². The number of benzene rings is 2. The molecule has 3 heteroatoms. The van der Waals surface area contributed by atoms with Gasteiger partial charge in [0.2, 0.25) is 0 Å². The van der Waals surface area contributed by atoms with Crippen molar-refractivity contribution in [3.8, 4) is 6.07 Å². The Morgan fingerprint density at radius 1 is 1.11 bits per heavy atom. The third-order valence-electron chi connectivity index (χ3n) is 2.76. The van der Waals surface area contributed by atoms with Crippen molar-refractivity contribution >= 4 is 11.4 Å². The van der Waals surface area contributed by atoms with Crippen molar-refractivity contribution in [2.24, 2.45) is 0 Å². The van der Waals surface area contributed by atoms with Crippen LogP contribution >= 0.6 is 0 Å².